The summed E-state index contributed by atoms with van der Waals surface area (Å²) in [7, 11) is 1.40. The molecule has 0 aromatic heterocycles. The Balaban J connectivity index is 2.20. The number of benzene rings is 2. The molecule has 1 N–H and O–H groups in total. The summed E-state index contributed by atoms with van der Waals surface area (Å²) < 4.78 is 10.2. The van der Waals surface area contributed by atoms with Crippen molar-refractivity contribution >= 4 is 17.5 Å². The zero-order valence-corrected chi connectivity index (χ0v) is 15.3. The van der Waals surface area contributed by atoms with E-state index < -0.39 is 11.9 Å². The standard InChI is InChI=1S/C21H22O6/c1-14(22)10-20(24)27-13-17(11-15-6-4-3-5-7-15)21(25)16-8-9-18(23)19(12-16)26-2/h3-9,12,17,23H,10-11,13H2,1-2H3. The molecule has 2 aromatic rings. The number of hydrogen-bond donors (Lipinski definition) is 1. The Morgan fingerprint density at radius 1 is 1.07 bits per heavy atom. The molecule has 0 fully saturated rings. The van der Waals surface area contributed by atoms with Gasteiger partial charge in [-0.1, -0.05) is 30.3 Å². The highest BCUT2D eigenvalue weighted by Crippen LogP contribution is 2.28. The SMILES string of the molecule is COc1cc(C(=O)C(COC(=O)CC(C)=O)Cc2ccccc2)ccc1O. The van der Waals surface area contributed by atoms with Crippen LogP contribution in [0.25, 0.3) is 0 Å². The van der Waals surface area contributed by atoms with Crippen LogP contribution in [-0.4, -0.2) is 36.4 Å². The van der Waals surface area contributed by atoms with Gasteiger partial charge in [-0.15, -0.1) is 0 Å². The maximum Gasteiger partial charge on any atom is 0.313 e. The lowest BCUT2D eigenvalue weighted by Crippen LogP contribution is -2.25. The van der Waals surface area contributed by atoms with Crippen LogP contribution in [0.2, 0.25) is 0 Å². The first kappa shape index (κ1) is 20.2. The van der Waals surface area contributed by atoms with Gasteiger partial charge in [0.1, 0.15) is 18.8 Å². The number of esters is 1. The van der Waals surface area contributed by atoms with E-state index in [9.17, 15) is 19.5 Å². The van der Waals surface area contributed by atoms with Crippen molar-refractivity contribution in [2.75, 3.05) is 13.7 Å². The first-order valence-corrected chi connectivity index (χ1v) is 8.51. The van der Waals surface area contributed by atoms with Crippen molar-refractivity contribution in [1.29, 1.82) is 0 Å². The molecule has 0 saturated heterocycles. The molecule has 142 valence electrons. The molecule has 1 unspecified atom stereocenters. The summed E-state index contributed by atoms with van der Waals surface area (Å²) in [6.07, 6.45) is 0.0511. The lowest BCUT2D eigenvalue weighted by molar-refractivity contribution is -0.146. The largest absolute Gasteiger partial charge is 0.504 e. The van der Waals surface area contributed by atoms with Crippen LogP contribution in [0.4, 0.5) is 0 Å². The minimum Gasteiger partial charge on any atom is -0.504 e. The molecule has 6 nitrogen and oxygen atoms in total. The van der Waals surface area contributed by atoms with E-state index in [1.54, 1.807) is 0 Å². The Kier molecular flexibility index (Phi) is 7.11. The van der Waals surface area contributed by atoms with Gasteiger partial charge < -0.3 is 14.6 Å². The molecule has 0 amide bonds. The van der Waals surface area contributed by atoms with Crippen molar-refractivity contribution in [1.82, 2.24) is 0 Å². The Labute approximate surface area is 157 Å². The number of aromatic hydroxyl groups is 1. The highest BCUT2D eigenvalue weighted by molar-refractivity contribution is 5.99. The number of carbonyl (C=O) groups is 3. The molecule has 2 rings (SSSR count). The molecule has 2 aromatic carbocycles. The average Bonchev–Trinajstić information content (AvgIpc) is 2.65. The van der Waals surface area contributed by atoms with E-state index in [1.807, 2.05) is 30.3 Å². The second-order valence-electron chi connectivity index (χ2n) is 6.20. The first-order valence-electron chi connectivity index (χ1n) is 8.51. The van der Waals surface area contributed by atoms with Crippen molar-refractivity contribution in [3.63, 3.8) is 0 Å². The molecule has 6 heteroatoms. The molecule has 0 aliphatic carbocycles. The van der Waals surface area contributed by atoms with Crippen molar-refractivity contribution in [2.24, 2.45) is 5.92 Å². The van der Waals surface area contributed by atoms with Gasteiger partial charge in [0.15, 0.2) is 17.3 Å². The van der Waals surface area contributed by atoms with Gasteiger partial charge in [0, 0.05) is 5.56 Å². The van der Waals surface area contributed by atoms with Crippen LogP contribution >= 0.6 is 0 Å². The van der Waals surface area contributed by atoms with E-state index in [0.29, 0.717) is 12.0 Å². The van der Waals surface area contributed by atoms with Gasteiger partial charge in [-0.2, -0.15) is 0 Å². The molecule has 0 heterocycles. The van der Waals surface area contributed by atoms with Crippen LogP contribution in [0.3, 0.4) is 0 Å². The molecule has 0 aliphatic heterocycles. The molecule has 0 aliphatic rings. The van der Waals surface area contributed by atoms with Crippen LogP contribution in [0.5, 0.6) is 11.5 Å². The van der Waals surface area contributed by atoms with Gasteiger partial charge in [-0.3, -0.25) is 14.4 Å². The second kappa shape index (κ2) is 9.52. The molecular weight excluding hydrogens is 348 g/mol. The van der Waals surface area contributed by atoms with Crippen LogP contribution in [-0.2, 0) is 20.7 Å². The zero-order valence-electron chi connectivity index (χ0n) is 15.3. The maximum atomic E-state index is 13.0. The van der Waals surface area contributed by atoms with Crippen LogP contribution in [0, 0.1) is 5.92 Å². The van der Waals surface area contributed by atoms with Crippen molar-refractivity contribution in [3.05, 3.63) is 59.7 Å². The minimum absolute atomic E-state index is 0.0680. The third-order valence-corrected chi connectivity index (χ3v) is 4.00. The van der Waals surface area contributed by atoms with E-state index >= 15 is 0 Å². The fraction of sp³-hybridized carbons (Fsp3) is 0.286. The van der Waals surface area contributed by atoms with Gasteiger partial charge in [0.2, 0.25) is 0 Å². The Hall–Kier alpha value is -3.15. The molecule has 0 bridgehead atoms. The summed E-state index contributed by atoms with van der Waals surface area (Å²) in [6, 6.07) is 13.7. The van der Waals surface area contributed by atoms with Gasteiger partial charge >= 0.3 is 5.97 Å². The predicted molar refractivity (Wildman–Crippen MR) is 98.9 cm³/mol. The topological polar surface area (TPSA) is 89.9 Å². The summed E-state index contributed by atoms with van der Waals surface area (Å²) in [6.45, 7) is 1.17. The minimum atomic E-state index is -0.656. The number of Topliss-reactive ketones (excluding diaryl/α,β-unsaturated/α-hetero) is 2. The van der Waals surface area contributed by atoms with E-state index in [-0.39, 0.29) is 36.1 Å². The second-order valence-corrected chi connectivity index (χ2v) is 6.20. The molecule has 1 atom stereocenters. The van der Waals surface area contributed by atoms with Gasteiger partial charge in [0.25, 0.3) is 0 Å². The average molecular weight is 370 g/mol. The smallest absolute Gasteiger partial charge is 0.313 e. The van der Waals surface area contributed by atoms with Crippen molar-refractivity contribution < 1.29 is 29.0 Å². The van der Waals surface area contributed by atoms with Crippen molar-refractivity contribution in [3.8, 4) is 11.5 Å². The summed E-state index contributed by atoms with van der Waals surface area (Å²) in [5, 5.41) is 9.71. The Morgan fingerprint density at radius 3 is 2.41 bits per heavy atom. The maximum absolute atomic E-state index is 13.0. The van der Waals surface area contributed by atoms with E-state index in [1.165, 1.54) is 32.2 Å². The molecule has 0 saturated carbocycles. The van der Waals surface area contributed by atoms with E-state index in [2.05, 4.69) is 0 Å². The Morgan fingerprint density at radius 2 is 1.78 bits per heavy atom. The zero-order chi connectivity index (χ0) is 19.8. The normalized spacial score (nSPS) is 11.5. The summed E-state index contributed by atoms with van der Waals surface area (Å²) >= 11 is 0. The quantitative estimate of drug-likeness (QED) is 0.415. The number of methoxy groups -OCH3 is 1. The summed E-state index contributed by atoms with van der Waals surface area (Å²) in [5.41, 5.74) is 1.26. The Bertz CT molecular complexity index is 813. The van der Waals surface area contributed by atoms with E-state index in [4.69, 9.17) is 9.47 Å². The van der Waals surface area contributed by atoms with Gasteiger partial charge in [-0.05, 0) is 37.1 Å². The van der Waals surface area contributed by atoms with Gasteiger partial charge in [-0.25, -0.2) is 0 Å². The third-order valence-electron chi connectivity index (χ3n) is 4.00. The molecule has 27 heavy (non-hydrogen) atoms. The lowest BCUT2D eigenvalue weighted by Gasteiger charge is -2.17. The fourth-order valence-electron chi connectivity index (χ4n) is 2.64. The summed E-state index contributed by atoms with van der Waals surface area (Å²) in [5.74, 6) is -1.70. The highest BCUT2D eigenvalue weighted by Gasteiger charge is 2.24. The molecular formula is C21H22O6. The van der Waals surface area contributed by atoms with Gasteiger partial charge in [0.05, 0.1) is 13.0 Å². The predicted octanol–water partition coefficient (Wildman–Crippen LogP) is 2.96. The van der Waals surface area contributed by atoms with Crippen LogP contribution in [0.15, 0.2) is 48.5 Å². The molecule has 0 radical (unpaired) electrons. The third kappa shape index (κ3) is 5.95. The number of phenols is 1. The number of phenolic OH excluding ortho intramolecular Hbond substituents is 1. The lowest BCUT2D eigenvalue weighted by atomic mass is 9.91. The number of hydrogen-bond acceptors (Lipinski definition) is 6. The molecule has 0 spiro atoms. The number of carbonyl (C=O) groups excluding carboxylic acids is 3. The summed E-state index contributed by atoms with van der Waals surface area (Å²) in [4.78, 5) is 35.7. The van der Waals surface area contributed by atoms with E-state index in [0.717, 1.165) is 5.56 Å². The van der Waals surface area contributed by atoms with Crippen molar-refractivity contribution in [2.45, 2.75) is 19.8 Å². The fourth-order valence-corrected chi connectivity index (χ4v) is 2.64. The number of ketones is 2. The number of rotatable bonds is 9. The highest BCUT2D eigenvalue weighted by atomic mass is 16.5. The monoisotopic (exact) mass is 370 g/mol. The first-order chi connectivity index (χ1) is 12.9. The van der Waals surface area contributed by atoms with Crippen LogP contribution in [0.1, 0.15) is 29.3 Å². The van der Waals surface area contributed by atoms with Crippen LogP contribution < -0.4 is 4.74 Å². The number of ether oxygens (including phenoxy) is 2.